The Morgan fingerprint density at radius 3 is 2.48 bits per heavy atom. The molecule has 0 radical (unpaired) electrons. The Morgan fingerprint density at radius 1 is 1.12 bits per heavy atom. The van der Waals surface area contributed by atoms with Crippen molar-refractivity contribution in [2.45, 2.75) is 13.8 Å². The Balaban J connectivity index is 1.61. The Labute approximate surface area is 145 Å². The number of carbonyl (C=O) groups excluding carboxylic acids is 1. The lowest BCUT2D eigenvalue weighted by atomic mass is 10.3. The summed E-state index contributed by atoms with van der Waals surface area (Å²) < 4.78 is 10.3. The molecule has 25 heavy (non-hydrogen) atoms. The number of ether oxygens (including phenoxy) is 1. The number of aryl methyl sites for hydroxylation is 2. The van der Waals surface area contributed by atoms with Crippen molar-refractivity contribution < 1.29 is 13.9 Å². The quantitative estimate of drug-likeness (QED) is 0.430. The van der Waals surface area contributed by atoms with Gasteiger partial charge in [-0.2, -0.15) is 0 Å². The fraction of sp³-hybridized carbons (Fsp3) is 0.105. The molecule has 0 unspecified atom stereocenters. The molecule has 1 aromatic carbocycles. The van der Waals surface area contributed by atoms with Gasteiger partial charge in [-0.05, 0) is 62.4 Å². The third-order valence-electron chi connectivity index (χ3n) is 3.24. The Morgan fingerprint density at radius 2 is 1.84 bits per heavy atom. The highest BCUT2D eigenvalue weighted by atomic mass is 16.5. The van der Waals surface area contributed by atoms with Gasteiger partial charge in [0.25, 0.3) is 0 Å². The number of carbonyl (C=O) groups is 1. The molecule has 0 aliphatic heterocycles. The maximum atomic E-state index is 11.8. The molecule has 0 aliphatic carbocycles. The third-order valence-corrected chi connectivity index (χ3v) is 3.24. The van der Waals surface area contributed by atoms with Crippen LogP contribution in [-0.2, 0) is 4.79 Å². The second-order valence-corrected chi connectivity index (χ2v) is 5.39. The summed E-state index contributed by atoms with van der Waals surface area (Å²) >= 11 is 0. The highest BCUT2D eigenvalue weighted by Gasteiger charge is 2.03. The van der Waals surface area contributed by atoms with Crippen LogP contribution < -0.4 is 10.1 Å². The molecule has 126 valence electrons. The maximum Gasteiger partial charge on any atom is 0.336 e. The topological polar surface area (TPSA) is 77.3 Å². The molecule has 3 aromatic rings. The monoisotopic (exact) mass is 335 g/mol. The van der Waals surface area contributed by atoms with E-state index in [0.29, 0.717) is 17.5 Å². The van der Waals surface area contributed by atoms with E-state index >= 15 is 0 Å². The van der Waals surface area contributed by atoms with E-state index in [9.17, 15) is 4.79 Å². The molecule has 0 atom stereocenters. The minimum absolute atomic E-state index is 0.445. The summed E-state index contributed by atoms with van der Waals surface area (Å²) in [5, 5.41) is 3.12. The van der Waals surface area contributed by atoms with Gasteiger partial charge >= 0.3 is 5.97 Å². The van der Waals surface area contributed by atoms with E-state index in [1.807, 2.05) is 19.9 Å². The predicted molar refractivity (Wildman–Crippen MR) is 94.6 cm³/mol. The summed E-state index contributed by atoms with van der Waals surface area (Å²) in [6.07, 6.45) is 4.40. The average molecular weight is 335 g/mol. The minimum atomic E-state index is -0.477. The number of furan rings is 1. The van der Waals surface area contributed by atoms with E-state index in [-0.39, 0.29) is 0 Å². The predicted octanol–water partition coefficient (Wildman–Crippen LogP) is 4.05. The number of aromatic nitrogens is 2. The Hall–Kier alpha value is -3.41. The molecular formula is C19H17N3O3. The van der Waals surface area contributed by atoms with Crippen molar-refractivity contribution in [2.24, 2.45) is 0 Å². The number of nitrogens with zero attached hydrogens (tertiary/aromatic N) is 2. The fourth-order valence-electron chi connectivity index (χ4n) is 2.20. The molecule has 0 saturated carbocycles. The van der Waals surface area contributed by atoms with E-state index in [1.54, 1.807) is 42.5 Å². The van der Waals surface area contributed by atoms with Crippen LogP contribution >= 0.6 is 0 Å². The second-order valence-electron chi connectivity index (χ2n) is 5.39. The smallest absolute Gasteiger partial charge is 0.336 e. The zero-order valence-corrected chi connectivity index (χ0v) is 13.9. The molecule has 3 rings (SSSR count). The largest absolute Gasteiger partial charge is 0.465 e. The molecule has 0 saturated heterocycles. The van der Waals surface area contributed by atoms with Gasteiger partial charge in [0.2, 0.25) is 5.95 Å². The van der Waals surface area contributed by atoms with E-state index in [4.69, 9.17) is 9.15 Å². The standard InChI is InChI=1S/C19H17N3O3/c1-13-12-14(2)21-19(20-13)22-15-5-7-17(8-6-15)25-18(23)10-9-16-4-3-11-24-16/h3-12H,1-2H3,(H,20,21,22)/b10-9+. The summed E-state index contributed by atoms with van der Waals surface area (Å²) in [4.78, 5) is 20.4. The molecule has 0 aliphatic rings. The van der Waals surface area contributed by atoms with Gasteiger partial charge in [0, 0.05) is 23.2 Å². The lowest BCUT2D eigenvalue weighted by Gasteiger charge is -2.07. The first kappa shape index (κ1) is 16.4. The van der Waals surface area contributed by atoms with Crippen LogP contribution in [0.1, 0.15) is 17.1 Å². The summed E-state index contributed by atoms with van der Waals surface area (Å²) in [5.74, 6) is 1.09. The maximum absolute atomic E-state index is 11.8. The van der Waals surface area contributed by atoms with Crippen molar-refractivity contribution in [1.82, 2.24) is 9.97 Å². The van der Waals surface area contributed by atoms with Gasteiger partial charge in [-0.1, -0.05) is 0 Å². The van der Waals surface area contributed by atoms with Crippen LogP contribution in [0.15, 0.2) is 59.2 Å². The van der Waals surface area contributed by atoms with E-state index in [2.05, 4.69) is 15.3 Å². The summed E-state index contributed by atoms with van der Waals surface area (Å²) in [6.45, 7) is 3.83. The number of esters is 1. The number of hydrogen-bond donors (Lipinski definition) is 1. The normalized spacial score (nSPS) is 10.8. The lowest BCUT2D eigenvalue weighted by molar-refractivity contribution is -0.128. The van der Waals surface area contributed by atoms with Gasteiger partial charge in [-0.25, -0.2) is 14.8 Å². The van der Waals surface area contributed by atoms with Crippen molar-refractivity contribution in [3.05, 3.63) is 72.0 Å². The van der Waals surface area contributed by atoms with Crippen molar-refractivity contribution in [2.75, 3.05) is 5.32 Å². The molecule has 0 amide bonds. The zero-order chi connectivity index (χ0) is 17.6. The average Bonchev–Trinajstić information content (AvgIpc) is 3.07. The van der Waals surface area contributed by atoms with Gasteiger partial charge in [0.1, 0.15) is 11.5 Å². The summed E-state index contributed by atoms with van der Waals surface area (Å²) in [5.41, 5.74) is 2.59. The molecular weight excluding hydrogens is 318 g/mol. The minimum Gasteiger partial charge on any atom is -0.465 e. The fourth-order valence-corrected chi connectivity index (χ4v) is 2.20. The molecule has 6 nitrogen and oxygen atoms in total. The molecule has 6 heteroatoms. The van der Waals surface area contributed by atoms with Gasteiger partial charge in [-0.15, -0.1) is 0 Å². The highest BCUT2D eigenvalue weighted by Crippen LogP contribution is 2.19. The Bertz CT molecular complexity index is 865. The first-order chi connectivity index (χ1) is 12.1. The van der Waals surface area contributed by atoms with Crippen LogP contribution in [0.4, 0.5) is 11.6 Å². The molecule has 1 N–H and O–H groups in total. The number of anilines is 2. The van der Waals surface area contributed by atoms with Crippen LogP contribution in [0.25, 0.3) is 6.08 Å². The summed E-state index contributed by atoms with van der Waals surface area (Å²) in [7, 11) is 0. The second kappa shape index (κ2) is 7.44. The van der Waals surface area contributed by atoms with Crippen LogP contribution in [0.2, 0.25) is 0 Å². The van der Waals surface area contributed by atoms with E-state index in [0.717, 1.165) is 17.1 Å². The van der Waals surface area contributed by atoms with Crippen molar-refractivity contribution in [1.29, 1.82) is 0 Å². The molecule has 0 spiro atoms. The number of rotatable bonds is 5. The van der Waals surface area contributed by atoms with Crippen molar-refractivity contribution >= 4 is 23.7 Å². The van der Waals surface area contributed by atoms with Gasteiger partial charge in [-0.3, -0.25) is 0 Å². The van der Waals surface area contributed by atoms with Crippen LogP contribution in [0.3, 0.4) is 0 Å². The van der Waals surface area contributed by atoms with Crippen LogP contribution in [0, 0.1) is 13.8 Å². The summed E-state index contributed by atoms with van der Waals surface area (Å²) in [6, 6.07) is 12.4. The molecule has 2 aromatic heterocycles. The van der Waals surface area contributed by atoms with Crippen LogP contribution in [0.5, 0.6) is 5.75 Å². The van der Waals surface area contributed by atoms with Gasteiger partial charge in [0.05, 0.1) is 6.26 Å². The Kier molecular flexibility index (Phi) is 4.89. The lowest BCUT2D eigenvalue weighted by Crippen LogP contribution is -2.04. The number of nitrogens with one attached hydrogen (secondary N) is 1. The molecule has 0 bridgehead atoms. The van der Waals surface area contributed by atoms with E-state index in [1.165, 1.54) is 12.3 Å². The third kappa shape index (κ3) is 4.78. The first-order valence-electron chi connectivity index (χ1n) is 7.71. The zero-order valence-electron chi connectivity index (χ0n) is 13.9. The highest BCUT2D eigenvalue weighted by molar-refractivity contribution is 5.88. The first-order valence-corrected chi connectivity index (χ1v) is 7.71. The van der Waals surface area contributed by atoms with Crippen molar-refractivity contribution in [3.8, 4) is 5.75 Å². The van der Waals surface area contributed by atoms with Gasteiger partial charge in [0.15, 0.2) is 0 Å². The van der Waals surface area contributed by atoms with Gasteiger partial charge < -0.3 is 14.5 Å². The SMILES string of the molecule is Cc1cc(C)nc(Nc2ccc(OC(=O)/C=C/c3ccco3)cc2)n1. The van der Waals surface area contributed by atoms with E-state index < -0.39 is 5.97 Å². The van der Waals surface area contributed by atoms with Crippen LogP contribution in [-0.4, -0.2) is 15.9 Å². The van der Waals surface area contributed by atoms with Crippen molar-refractivity contribution in [3.63, 3.8) is 0 Å². The molecule has 2 heterocycles. The molecule has 0 fully saturated rings. The number of benzene rings is 1. The number of hydrogen-bond acceptors (Lipinski definition) is 6.